The van der Waals surface area contributed by atoms with E-state index >= 15 is 0 Å². The first-order chi connectivity index (χ1) is 10.4. The van der Waals surface area contributed by atoms with Gasteiger partial charge in [0, 0.05) is 23.0 Å². The van der Waals surface area contributed by atoms with Crippen molar-refractivity contribution in [3.63, 3.8) is 0 Å². The van der Waals surface area contributed by atoms with Crippen molar-refractivity contribution in [2.45, 2.75) is 45.3 Å². The minimum atomic E-state index is -0.00370. The van der Waals surface area contributed by atoms with Crippen LogP contribution < -0.4 is 0 Å². The molecule has 2 rings (SSSR count). The zero-order valence-electron chi connectivity index (χ0n) is 13.9. The normalized spacial score (nSPS) is 21.8. The van der Waals surface area contributed by atoms with Gasteiger partial charge >= 0.3 is 0 Å². The number of aliphatic hydroxyl groups excluding tert-OH is 1. The van der Waals surface area contributed by atoms with Crippen LogP contribution in [0.15, 0.2) is 24.3 Å². The van der Waals surface area contributed by atoms with Crippen molar-refractivity contribution in [1.82, 2.24) is 4.90 Å². The summed E-state index contributed by atoms with van der Waals surface area (Å²) in [6.45, 7) is 9.36. The third kappa shape index (κ3) is 4.69. The van der Waals surface area contributed by atoms with Gasteiger partial charge in [-0.15, -0.1) is 0 Å². The van der Waals surface area contributed by atoms with E-state index < -0.39 is 0 Å². The van der Waals surface area contributed by atoms with Gasteiger partial charge in [-0.3, -0.25) is 4.90 Å². The molecule has 1 aliphatic rings. The Labute approximate surface area is 139 Å². The van der Waals surface area contributed by atoms with Crippen molar-refractivity contribution in [3.8, 4) is 0 Å². The first-order valence-corrected chi connectivity index (χ1v) is 8.52. The lowest BCUT2D eigenvalue weighted by Gasteiger charge is -2.43. The second kappa shape index (κ2) is 7.78. The number of likely N-dealkylation sites (tertiary alicyclic amines) is 1. The third-order valence-corrected chi connectivity index (χ3v) is 4.64. The molecule has 0 aromatic heterocycles. The predicted octanol–water partition coefficient (Wildman–Crippen LogP) is 3.90. The fourth-order valence-corrected chi connectivity index (χ4v) is 3.43. The molecule has 22 heavy (non-hydrogen) atoms. The number of benzene rings is 1. The van der Waals surface area contributed by atoms with Gasteiger partial charge in [0.2, 0.25) is 0 Å². The molecule has 0 bridgehead atoms. The molecule has 0 spiro atoms. The maximum atomic E-state index is 9.13. The molecule has 0 aliphatic carbocycles. The molecule has 124 valence electrons. The molecule has 0 radical (unpaired) electrons. The molecule has 2 atom stereocenters. The van der Waals surface area contributed by atoms with Crippen LogP contribution in [0.5, 0.6) is 0 Å². The van der Waals surface area contributed by atoms with Crippen LogP contribution in [0.25, 0.3) is 0 Å². The topological polar surface area (TPSA) is 32.7 Å². The van der Waals surface area contributed by atoms with E-state index in [1.807, 2.05) is 18.2 Å². The monoisotopic (exact) mass is 325 g/mol. The summed E-state index contributed by atoms with van der Waals surface area (Å²) in [6.07, 6.45) is 2.33. The molecule has 1 N–H and O–H groups in total. The molecule has 1 saturated heterocycles. The molecule has 4 heteroatoms. The molecule has 0 amide bonds. The van der Waals surface area contributed by atoms with Crippen molar-refractivity contribution in [1.29, 1.82) is 0 Å². The lowest BCUT2D eigenvalue weighted by atomic mass is 9.86. The number of piperidine rings is 1. The average Bonchev–Trinajstić information content (AvgIpc) is 2.47. The van der Waals surface area contributed by atoms with Gasteiger partial charge in [-0.05, 0) is 57.9 Å². The Balaban J connectivity index is 2.17. The Bertz CT molecular complexity index is 472. The summed E-state index contributed by atoms with van der Waals surface area (Å²) in [5.74, 6) is 0.429. The molecule has 1 heterocycles. The Kier molecular flexibility index (Phi) is 6.27. The van der Waals surface area contributed by atoms with Crippen LogP contribution in [0.3, 0.4) is 0 Å². The fraction of sp³-hybridized carbons (Fsp3) is 0.667. The first kappa shape index (κ1) is 17.7. The number of nitrogens with zero attached hydrogens (tertiary/aromatic N) is 1. The summed E-state index contributed by atoms with van der Waals surface area (Å²) in [5, 5.41) is 9.87. The largest absolute Gasteiger partial charge is 0.394 e. The van der Waals surface area contributed by atoms with E-state index in [0.29, 0.717) is 12.5 Å². The predicted molar refractivity (Wildman–Crippen MR) is 91.3 cm³/mol. The van der Waals surface area contributed by atoms with E-state index in [2.05, 4.69) is 31.7 Å². The summed E-state index contributed by atoms with van der Waals surface area (Å²) < 4.78 is 6.00. The standard InChI is InChI=1S/C18H28ClNO2/c1-18(2,3)20-9-5-7-15(13-20)17(22-11-10-21)14-6-4-8-16(19)12-14/h4,6,8,12,15,17,21H,5,7,9-11,13H2,1-3H3/t15-,17+/m1/s1. The zero-order valence-corrected chi connectivity index (χ0v) is 14.6. The molecular formula is C18H28ClNO2. The summed E-state index contributed by atoms with van der Waals surface area (Å²) in [5.41, 5.74) is 1.29. The van der Waals surface area contributed by atoms with Gasteiger partial charge in [-0.1, -0.05) is 23.7 Å². The van der Waals surface area contributed by atoms with E-state index in [1.165, 1.54) is 6.42 Å². The van der Waals surface area contributed by atoms with E-state index in [9.17, 15) is 0 Å². The van der Waals surface area contributed by atoms with Gasteiger partial charge in [-0.25, -0.2) is 0 Å². The molecular weight excluding hydrogens is 298 g/mol. The molecule has 3 nitrogen and oxygen atoms in total. The molecule has 1 aliphatic heterocycles. The van der Waals surface area contributed by atoms with Gasteiger partial charge in [0.05, 0.1) is 19.3 Å². The summed E-state index contributed by atoms with van der Waals surface area (Å²) in [4.78, 5) is 2.53. The van der Waals surface area contributed by atoms with Crippen LogP contribution in [0.4, 0.5) is 0 Å². The Morgan fingerprint density at radius 1 is 1.41 bits per heavy atom. The maximum absolute atomic E-state index is 9.13. The first-order valence-electron chi connectivity index (χ1n) is 8.15. The van der Waals surface area contributed by atoms with Gasteiger partial charge in [-0.2, -0.15) is 0 Å². The van der Waals surface area contributed by atoms with E-state index in [4.69, 9.17) is 21.4 Å². The second-order valence-corrected chi connectivity index (χ2v) is 7.53. The van der Waals surface area contributed by atoms with Gasteiger partial charge in [0.25, 0.3) is 0 Å². The van der Waals surface area contributed by atoms with Crippen LogP contribution in [0.1, 0.15) is 45.3 Å². The van der Waals surface area contributed by atoms with Crippen molar-refractivity contribution >= 4 is 11.6 Å². The van der Waals surface area contributed by atoms with E-state index in [1.54, 1.807) is 0 Å². The van der Waals surface area contributed by atoms with Crippen LogP contribution in [0, 0.1) is 5.92 Å². The van der Waals surface area contributed by atoms with Crippen molar-refractivity contribution in [3.05, 3.63) is 34.9 Å². The van der Waals surface area contributed by atoms with Crippen LogP contribution in [-0.2, 0) is 4.74 Å². The average molecular weight is 326 g/mol. The Hall–Kier alpha value is -0.610. The molecule has 0 unspecified atom stereocenters. The number of ether oxygens (including phenoxy) is 1. The van der Waals surface area contributed by atoms with Crippen molar-refractivity contribution in [2.24, 2.45) is 5.92 Å². The molecule has 1 fully saturated rings. The summed E-state index contributed by atoms with van der Waals surface area (Å²) in [6, 6.07) is 7.91. The Morgan fingerprint density at radius 2 is 2.18 bits per heavy atom. The number of halogens is 1. The number of rotatable bonds is 5. The highest BCUT2D eigenvalue weighted by Gasteiger charge is 2.33. The van der Waals surface area contributed by atoms with Gasteiger partial charge < -0.3 is 9.84 Å². The third-order valence-electron chi connectivity index (χ3n) is 4.40. The summed E-state index contributed by atoms with van der Waals surface area (Å²) in [7, 11) is 0. The second-order valence-electron chi connectivity index (χ2n) is 7.09. The maximum Gasteiger partial charge on any atom is 0.0866 e. The molecule has 1 aromatic rings. The highest BCUT2D eigenvalue weighted by atomic mass is 35.5. The Morgan fingerprint density at radius 3 is 2.82 bits per heavy atom. The van der Waals surface area contributed by atoms with Crippen molar-refractivity contribution < 1.29 is 9.84 Å². The lowest BCUT2D eigenvalue weighted by molar-refractivity contribution is -0.0412. The molecule has 1 aromatic carbocycles. The number of hydrogen-bond acceptors (Lipinski definition) is 3. The van der Waals surface area contributed by atoms with Crippen molar-refractivity contribution in [2.75, 3.05) is 26.3 Å². The zero-order chi connectivity index (χ0) is 16.2. The summed E-state index contributed by atoms with van der Waals surface area (Å²) >= 11 is 6.15. The van der Waals surface area contributed by atoms with Gasteiger partial charge in [0.15, 0.2) is 0 Å². The fourth-order valence-electron chi connectivity index (χ4n) is 3.23. The highest BCUT2D eigenvalue weighted by Crippen LogP contribution is 2.35. The minimum Gasteiger partial charge on any atom is -0.394 e. The number of aliphatic hydroxyl groups is 1. The minimum absolute atomic E-state index is 0.00370. The smallest absolute Gasteiger partial charge is 0.0866 e. The quantitative estimate of drug-likeness (QED) is 0.891. The van der Waals surface area contributed by atoms with E-state index in [-0.39, 0.29) is 18.2 Å². The highest BCUT2D eigenvalue weighted by molar-refractivity contribution is 6.30. The molecule has 0 saturated carbocycles. The van der Waals surface area contributed by atoms with E-state index in [0.717, 1.165) is 30.1 Å². The number of hydrogen-bond donors (Lipinski definition) is 1. The SMILES string of the molecule is CC(C)(C)N1CCC[C@@H]([C@@H](OCCO)c2cccc(Cl)c2)C1. The lowest BCUT2D eigenvalue weighted by Crippen LogP contribution is -2.48. The van der Waals surface area contributed by atoms with Gasteiger partial charge in [0.1, 0.15) is 0 Å². The van der Waals surface area contributed by atoms with Crippen LogP contribution >= 0.6 is 11.6 Å². The van der Waals surface area contributed by atoms with Crippen LogP contribution in [-0.4, -0.2) is 41.8 Å². The van der Waals surface area contributed by atoms with Crippen LogP contribution in [0.2, 0.25) is 5.02 Å².